The van der Waals surface area contributed by atoms with Crippen LogP contribution in [0.2, 0.25) is 0 Å². The van der Waals surface area contributed by atoms with Crippen LogP contribution in [0.5, 0.6) is 0 Å². The summed E-state index contributed by atoms with van der Waals surface area (Å²) in [7, 11) is 0. The number of carbonyl (C=O) groups is 3. The highest BCUT2D eigenvalue weighted by atomic mass is 16.5. The summed E-state index contributed by atoms with van der Waals surface area (Å²) in [5.74, 6) is 0.966. The van der Waals surface area contributed by atoms with Crippen LogP contribution < -0.4 is 11.1 Å². The zero-order valence-electron chi connectivity index (χ0n) is 30.7. The Morgan fingerprint density at radius 3 is 1.57 bits per heavy atom. The number of esters is 1. The summed E-state index contributed by atoms with van der Waals surface area (Å²) in [5.41, 5.74) is 5.44. The van der Waals surface area contributed by atoms with Crippen molar-refractivity contribution in [1.82, 2.24) is 5.32 Å². The molecule has 0 aromatic heterocycles. The van der Waals surface area contributed by atoms with E-state index in [-0.39, 0.29) is 11.9 Å². The zero-order valence-corrected chi connectivity index (χ0v) is 30.7. The van der Waals surface area contributed by atoms with Crippen molar-refractivity contribution < 1.29 is 24.2 Å². The lowest BCUT2D eigenvalue weighted by molar-refractivity contribution is -0.144. The predicted molar refractivity (Wildman–Crippen MR) is 195 cm³/mol. The number of unbranched alkanes of at least 4 members (excludes halogenated alkanes) is 21. The van der Waals surface area contributed by atoms with Crippen molar-refractivity contribution in [1.29, 1.82) is 0 Å². The van der Waals surface area contributed by atoms with Gasteiger partial charge in [0.15, 0.2) is 0 Å². The van der Waals surface area contributed by atoms with Gasteiger partial charge in [-0.1, -0.05) is 155 Å². The summed E-state index contributed by atoms with van der Waals surface area (Å²) < 4.78 is 5.45. The molecule has 1 rings (SSSR count). The molecule has 0 heterocycles. The minimum Gasteiger partial charge on any atom is -0.480 e. The Hall–Kier alpha value is -1.63. The Labute approximate surface area is 289 Å². The highest BCUT2D eigenvalue weighted by Crippen LogP contribution is 2.45. The van der Waals surface area contributed by atoms with E-state index in [4.69, 9.17) is 10.5 Å². The summed E-state index contributed by atoms with van der Waals surface area (Å²) in [4.78, 5) is 35.2. The van der Waals surface area contributed by atoms with Crippen LogP contribution in [0.4, 0.5) is 0 Å². The van der Waals surface area contributed by atoms with Gasteiger partial charge in [-0.3, -0.25) is 9.59 Å². The Morgan fingerprint density at radius 1 is 0.638 bits per heavy atom. The van der Waals surface area contributed by atoms with E-state index in [9.17, 15) is 19.5 Å². The first kappa shape index (κ1) is 43.4. The number of nitrogens with one attached hydrogen (secondary N) is 1. The number of hydrogen-bond acceptors (Lipinski definition) is 5. The predicted octanol–water partition coefficient (Wildman–Crippen LogP) is 10.4. The number of aliphatic carboxylic acids is 1. The van der Waals surface area contributed by atoms with Gasteiger partial charge < -0.3 is 20.9 Å². The van der Waals surface area contributed by atoms with Crippen molar-refractivity contribution >= 4 is 17.8 Å². The molecule has 7 heteroatoms. The third kappa shape index (κ3) is 28.0. The average Bonchev–Trinajstić information content (AvgIpc) is 3.81. The lowest BCUT2D eigenvalue weighted by Gasteiger charge is -2.13. The number of carboxylic acids is 1. The number of ether oxygens (including phenoxy) is 1. The minimum absolute atomic E-state index is 0.00730. The summed E-state index contributed by atoms with van der Waals surface area (Å²) in [6.45, 7) is 3.31. The van der Waals surface area contributed by atoms with Crippen LogP contribution in [0.1, 0.15) is 206 Å². The Morgan fingerprint density at radius 2 is 1.09 bits per heavy atom. The van der Waals surface area contributed by atoms with Crippen LogP contribution >= 0.6 is 0 Å². The van der Waals surface area contributed by atoms with E-state index in [1.54, 1.807) is 0 Å². The largest absolute Gasteiger partial charge is 0.480 e. The van der Waals surface area contributed by atoms with E-state index in [0.717, 1.165) is 56.8 Å². The summed E-state index contributed by atoms with van der Waals surface area (Å²) in [6, 6.07) is -0.820. The normalized spacial score (nSPS) is 16.2. The van der Waals surface area contributed by atoms with Crippen molar-refractivity contribution in [2.45, 2.75) is 212 Å². The molecular formula is C40H76N2O5. The molecule has 0 aromatic carbocycles. The SMILES string of the molecule is CCCCCCC1CC1CCCCCCCCCC(=O)OCCCCCCCCCCCCCCCC(=O)N[C@@H](CCCN)C(=O)O. The monoisotopic (exact) mass is 665 g/mol. The van der Waals surface area contributed by atoms with Crippen LogP contribution in [0, 0.1) is 11.8 Å². The Kier molecular flexibility index (Phi) is 29.2. The number of rotatable bonds is 36. The fraction of sp³-hybridized carbons (Fsp3) is 0.925. The molecule has 2 unspecified atom stereocenters. The molecule has 0 aromatic rings. The maximum absolute atomic E-state index is 12.0. The van der Waals surface area contributed by atoms with Crippen LogP contribution in [0.3, 0.4) is 0 Å². The molecule has 4 N–H and O–H groups in total. The van der Waals surface area contributed by atoms with Crippen molar-refractivity contribution in [2.75, 3.05) is 13.2 Å². The van der Waals surface area contributed by atoms with Gasteiger partial charge in [-0.05, 0) is 56.9 Å². The summed E-state index contributed by atoms with van der Waals surface area (Å²) in [5, 5.41) is 11.8. The topological polar surface area (TPSA) is 119 Å². The minimum atomic E-state index is -0.985. The molecule has 1 aliphatic rings. The van der Waals surface area contributed by atoms with E-state index >= 15 is 0 Å². The molecule has 1 saturated carbocycles. The smallest absolute Gasteiger partial charge is 0.326 e. The standard InChI is InChI=1S/C40H76N2O5/c1-2-3-4-21-27-35-34-36(35)28-22-17-13-12-15-19-24-31-39(44)47-33-25-20-16-11-9-7-5-6-8-10-14-18-23-30-38(43)42-37(40(45)46)29-26-32-41/h35-37H,2-34,41H2,1H3,(H,42,43)(H,45,46)/t35?,36?,37-/m0/s1. The Balaban J connectivity index is 1.74. The Bertz CT molecular complexity index is 761. The molecule has 276 valence electrons. The van der Waals surface area contributed by atoms with Crippen molar-refractivity contribution in [3.8, 4) is 0 Å². The lowest BCUT2D eigenvalue weighted by Crippen LogP contribution is -2.40. The maximum Gasteiger partial charge on any atom is 0.326 e. The highest BCUT2D eigenvalue weighted by molar-refractivity contribution is 5.83. The molecule has 7 nitrogen and oxygen atoms in total. The molecule has 1 amide bonds. The van der Waals surface area contributed by atoms with Crippen molar-refractivity contribution in [2.24, 2.45) is 17.6 Å². The molecule has 0 spiro atoms. The second kappa shape index (κ2) is 31.6. The molecule has 0 bridgehead atoms. The van der Waals surface area contributed by atoms with Gasteiger partial charge in [0.25, 0.3) is 0 Å². The van der Waals surface area contributed by atoms with E-state index in [1.165, 1.54) is 128 Å². The van der Waals surface area contributed by atoms with Crippen LogP contribution in [-0.2, 0) is 19.1 Å². The van der Waals surface area contributed by atoms with E-state index in [1.807, 2.05) is 0 Å². The van der Waals surface area contributed by atoms with Crippen LogP contribution in [0.15, 0.2) is 0 Å². The molecule has 1 fully saturated rings. The second-order valence-electron chi connectivity index (χ2n) is 14.6. The molecular weight excluding hydrogens is 588 g/mol. The summed E-state index contributed by atoms with van der Waals surface area (Å²) in [6.07, 6.45) is 36.2. The van der Waals surface area contributed by atoms with Crippen molar-refractivity contribution in [3.05, 3.63) is 0 Å². The number of amides is 1. The number of hydrogen-bond donors (Lipinski definition) is 3. The first-order valence-electron chi connectivity index (χ1n) is 20.4. The van der Waals surface area contributed by atoms with Gasteiger partial charge in [-0.15, -0.1) is 0 Å². The average molecular weight is 665 g/mol. The van der Waals surface area contributed by atoms with E-state index in [0.29, 0.717) is 38.8 Å². The number of carbonyl (C=O) groups excluding carboxylic acids is 2. The summed E-state index contributed by atoms with van der Waals surface area (Å²) >= 11 is 0. The fourth-order valence-electron chi connectivity index (χ4n) is 6.85. The van der Waals surface area contributed by atoms with Crippen LogP contribution in [0.25, 0.3) is 0 Å². The molecule has 0 saturated heterocycles. The number of nitrogens with two attached hydrogens (primary N) is 1. The first-order chi connectivity index (χ1) is 23.0. The fourth-order valence-corrected chi connectivity index (χ4v) is 6.85. The van der Waals surface area contributed by atoms with E-state index < -0.39 is 12.0 Å². The van der Waals surface area contributed by atoms with Gasteiger partial charge in [0.05, 0.1) is 6.61 Å². The molecule has 0 radical (unpaired) electrons. The van der Waals surface area contributed by atoms with Gasteiger partial charge >= 0.3 is 11.9 Å². The van der Waals surface area contributed by atoms with Crippen LogP contribution in [-0.4, -0.2) is 42.1 Å². The van der Waals surface area contributed by atoms with Gasteiger partial charge in [0.1, 0.15) is 6.04 Å². The van der Waals surface area contributed by atoms with Gasteiger partial charge in [-0.25, -0.2) is 4.79 Å². The van der Waals surface area contributed by atoms with Gasteiger partial charge in [0.2, 0.25) is 5.91 Å². The highest BCUT2D eigenvalue weighted by Gasteiger charge is 2.35. The quantitative estimate of drug-likeness (QED) is 0.0453. The van der Waals surface area contributed by atoms with E-state index in [2.05, 4.69) is 12.2 Å². The molecule has 0 aliphatic heterocycles. The molecule has 1 aliphatic carbocycles. The zero-order chi connectivity index (χ0) is 34.2. The second-order valence-corrected chi connectivity index (χ2v) is 14.6. The third-order valence-electron chi connectivity index (χ3n) is 10.1. The molecule has 3 atom stereocenters. The van der Waals surface area contributed by atoms with Gasteiger partial charge in [0, 0.05) is 12.8 Å². The van der Waals surface area contributed by atoms with Gasteiger partial charge in [-0.2, -0.15) is 0 Å². The lowest BCUT2D eigenvalue weighted by atomic mass is 10.0. The first-order valence-corrected chi connectivity index (χ1v) is 20.4. The number of carboxylic acid groups (broad SMARTS) is 1. The maximum atomic E-state index is 12.0. The van der Waals surface area contributed by atoms with Crippen molar-refractivity contribution in [3.63, 3.8) is 0 Å². The molecule has 47 heavy (non-hydrogen) atoms. The third-order valence-corrected chi connectivity index (χ3v) is 10.1.